The SMILES string of the molecule is CC(=NCCCCC1=NC(=O)NC1=O)NO. The Bertz CT molecular complexity index is 349. The fourth-order valence-corrected chi connectivity index (χ4v) is 1.23. The number of urea groups is 1. The zero-order chi connectivity index (χ0) is 12.0. The monoisotopic (exact) mass is 226 g/mol. The Labute approximate surface area is 92.6 Å². The number of aliphatic imine (C=N–C) groups is 2. The summed E-state index contributed by atoms with van der Waals surface area (Å²) >= 11 is 0. The summed E-state index contributed by atoms with van der Waals surface area (Å²) in [7, 11) is 0. The predicted molar refractivity (Wildman–Crippen MR) is 57.7 cm³/mol. The summed E-state index contributed by atoms with van der Waals surface area (Å²) in [6, 6.07) is -0.585. The quantitative estimate of drug-likeness (QED) is 0.270. The normalized spacial score (nSPS) is 16.1. The molecule has 0 aromatic heterocycles. The maximum absolute atomic E-state index is 11.1. The third kappa shape index (κ3) is 3.77. The molecule has 7 heteroatoms. The topological polar surface area (TPSA) is 103 Å². The van der Waals surface area contributed by atoms with Gasteiger partial charge in [-0.3, -0.25) is 25.8 Å². The molecule has 16 heavy (non-hydrogen) atoms. The lowest BCUT2D eigenvalue weighted by Gasteiger charge is -1.98. The van der Waals surface area contributed by atoms with Crippen LogP contribution in [0.1, 0.15) is 26.2 Å². The maximum atomic E-state index is 11.1. The molecule has 3 amide bonds. The number of hydrogen-bond acceptors (Lipinski definition) is 4. The number of amides is 3. The lowest BCUT2D eigenvalue weighted by molar-refractivity contribution is -0.113. The van der Waals surface area contributed by atoms with E-state index < -0.39 is 11.9 Å². The van der Waals surface area contributed by atoms with Gasteiger partial charge in [-0.15, -0.1) is 0 Å². The van der Waals surface area contributed by atoms with Crippen molar-refractivity contribution in [2.24, 2.45) is 9.98 Å². The second kappa shape index (κ2) is 5.96. The summed E-state index contributed by atoms with van der Waals surface area (Å²) in [6.45, 7) is 2.20. The molecule has 0 saturated heterocycles. The zero-order valence-corrected chi connectivity index (χ0v) is 8.99. The van der Waals surface area contributed by atoms with Gasteiger partial charge in [0.1, 0.15) is 11.5 Å². The van der Waals surface area contributed by atoms with Crippen molar-refractivity contribution in [2.45, 2.75) is 26.2 Å². The Morgan fingerprint density at radius 1 is 1.50 bits per heavy atom. The number of carbonyl (C=O) groups excluding carboxylic acids is 2. The average molecular weight is 226 g/mol. The van der Waals surface area contributed by atoms with E-state index in [1.54, 1.807) is 6.92 Å². The second-order valence-corrected chi connectivity index (χ2v) is 3.35. The first kappa shape index (κ1) is 12.3. The lowest BCUT2D eigenvalue weighted by atomic mass is 10.1. The predicted octanol–water partition coefficient (Wildman–Crippen LogP) is 0.245. The summed E-state index contributed by atoms with van der Waals surface area (Å²) in [4.78, 5) is 29.3. The van der Waals surface area contributed by atoms with Gasteiger partial charge in [-0.25, -0.2) is 4.79 Å². The molecule has 7 nitrogen and oxygen atoms in total. The van der Waals surface area contributed by atoms with Gasteiger partial charge >= 0.3 is 6.03 Å². The van der Waals surface area contributed by atoms with E-state index in [0.717, 1.165) is 12.8 Å². The molecule has 0 atom stereocenters. The summed E-state index contributed by atoms with van der Waals surface area (Å²) in [5.41, 5.74) is 2.21. The van der Waals surface area contributed by atoms with E-state index >= 15 is 0 Å². The molecule has 0 unspecified atom stereocenters. The van der Waals surface area contributed by atoms with Gasteiger partial charge < -0.3 is 0 Å². The van der Waals surface area contributed by atoms with Crippen molar-refractivity contribution in [3.05, 3.63) is 0 Å². The summed E-state index contributed by atoms with van der Waals surface area (Å²) in [5.74, 6) is 0.0489. The highest BCUT2D eigenvalue weighted by Gasteiger charge is 2.21. The molecule has 1 rings (SSSR count). The molecule has 3 N–H and O–H groups in total. The first-order valence-electron chi connectivity index (χ1n) is 4.97. The highest BCUT2D eigenvalue weighted by molar-refractivity contribution is 6.46. The van der Waals surface area contributed by atoms with Crippen molar-refractivity contribution in [2.75, 3.05) is 6.54 Å². The number of imide groups is 1. The van der Waals surface area contributed by atoms with E-state index in [9.17, 15) is 9.59 Å². The van der Waals surface area contributed by atoms with Gasteiger partial charge in [0.2, 0.25) is 0 Å². The Morgan fingerprint density at radius 2 is 2.25 bits per heavy atom. The molecule has 0 spiro atoms. The standard InChI is InChI=1S/C9H14N4O3/c1-6(13-16)10-5-3-2-4-7-8(14)12-9(15)11-7/h16H,2-5H2,1H3,(H,10,13)(H,12,14,15). The maximum Gasteiger partial charge on any atom is 0.348 e. The van der Waals surface area contributed by atoms with Crippen LogP contribution in [0.3, 0.4) is 0 Å². The molecule has 0 fully saturated rings. The first-order valence-corrected chi connectivity index (χ1v) is 4.97. The van der Waals surface area contributed by atoms with Crippen LogP contribution in [0.5, 0.6) is 0 Å². The highest BCUT2D eigenvalue weighted by atomic mass is 16.5. The minimum absolute atomic E-state index is 0.283. The van der Waals surface area contributed by atoms with E-state index in [0.29, 0.717) is 18.8 Å². The van der Waals surface area contributed by atoms with Gasteiger partial charge in [-0.2, -0.15) is 4.99 Å². The smallest absolute Gasteiger partial charge is 0.290 e. The van der Waals surface area contributed by atoms with Crippen LogP contribution in [0.15, 0.2) is 9.98 Å². The number of carbonyl (C=O) groups is 2. The summed E-state index contributed by atoms with van der Waals surface area (Å²) < 4.78 is 0. The van der Waals surface area contributed by atoms with Gasteiger partial charge in [0.15, 0.2) is 0 Å². The van der Waals surface area contributed by atoms with Crippen LogP contribution in [-0.4, -0.2) is 35.2 Å². The molecule has 1 aliphatic rings. The Morgan fingerprint density at radius 3 is 2.81 bits per heavy atom. The Hall–Kier alpha value is -1.76. The van der Waals surface area contributed by atoms with Gasteiger partial charge in [-0.1, -0.05) is 0 Å². The van der Waals surface area contributed by atoms with Crippen LogP contribution in [0, 0.1) is 0 Å². The second-order valence-electron chi connectivity index (χ2n) is 3.35. The van der Waals surface area contributed by atoms with Gasteiger partial charge in [-0.05, 0) is 26.2 Å². The zero-order valence-electron chi connectivity index (χ0n) is 8.99. The van der Waals surface area contributed by atoms with Crippen molar-refractivity contribution in [1.82, 2.24) is 10.8 Å². The van der Waals surface area contributed by atoms with E-state index in [-0.39, 0.29) is 5.71 Å². The number of hydroxylamine groups is 1. The molecule has 0 aliphatic carbocycles. The molecular weight excluding hydrogens is 212 g/mol. The molecule has 0 bridgehead atoms. The molecular formula is C9H14N4O3. The number of nitrogens with zero attached hydrogens (tertiary/aromatic N) is 2. The Balaban J connectivity index is 2.19. The van der Waals surface area contributed by atoms with Crippen molar-refractivity contribution in [1.29, 1.82) is 0 Å². The van der Waals surface area contributed by atoms with Crippen LogP contribution >= 0.6 is 0 Å². The van der Waals surface area contributed by atoms with Crippen LogP contribution in [0.2, 0.25) is 0 Å². The molecule has 0 aromatic carbocycles. The number of unbranched alkanes of at least 4 members (excludes halogenated alkanes) is 1. The number of nitrogens with one attached hydrogen (secondary N) is 2. The van der Waals surface area contributed by atoms with Crippen molar-refractivity contribution < 1.29 is 14.8 Å². The van der Waals surface area contributed by atoms with Crippen LogP contribution in [-0.2, 0) is 4.79 Å². The van der Waals surface area contributed by atoms with Crippen molar-refractivity contribution in [3.63, 3.8) is 0 Å². The summed E-state index contributed by atoms with van der Waals surface area (Å²) in [6.07, 6.45) is 1.96. The minimum Gasteiger partial charge on any atom is -0.290 e. The lowest BCUT2D eigenvalue weighted by Crippen LogP contribution is -2.25. The minimum atomic E-state index is -0.585. The number of hydrogen-bond donors (Lipinski definition) is 3. The average Bonchev–Trinajstić information content (AvgIpc) is 2.56. The van der Waals surface area contributed by atoms with Crippen molar-refractivity contribution >= 4 is 23.5 Å². The largest absolute Gasteiger partial charge is 0.348 e. The molecule has 0 radical (unpaired) electrons. The van der Waals surface area contributed by atoms with Crippen LogP contribution in [0.25, 0.3) is 0 Å². The summed E-state index contributed by atoms with van der Waals surface area (Å²) in [5, 5.41) is 10.5. The van der Waals surface area contributed by atoms with Crippen molar-refractivity contribution in [3.8, 4) is 0 Å². The van der Waals surface area contributed by atoms with Gasteiger partial charge in [0.05, 0.1) is 0 Å². The Kier molecular flexibility index (Phi) is 4.59. The van der Waals surface area contributed by atoms with Crippen LogP contribution < -0.4 is 10.8 Å². The van der Waals surface area contributed by atoms with Gasteiger partial charge in [0.25, 0.3) is 5.91 Å². The molecule has 88 valence electrons. The fraction of sp³-hybridized carbons (Fsp3) is 0.556. The third-order valence-corrected chi connectivity index (χ3v) is 2.05. The van der Waals surface area contributed by atoms with E-state index in [1.807, 2.05) is 5.48 Å². The van der Waals surface area contributed by atoms with E-state index in [4.69, 9.17) is 5.21 Å². The van der Waals surface area contributed by atoms with E-state index in [1.165, 1.54) is 0 Å². The fourth-order valence-electron chi connectivity index (χ4n) is 1.23. The van der Waals surface area contributed by atoms with Crippen LogP contribution in [0.4, 0.5) is 4.79 Å². The molecule has 0 saturated carbocycles. The van der Waals surface area contributed by atoms with E-state index in [2.05, 4.69) is 15.3 Å². The third-order valence-electron chi connectivity index (χ3n) is 2.05. The number of rotatable bonds is 5. The molecule has 1 aliphatic heterocycles. The highest BCUT2D eigenvalue weighted by Crippen LogP contribution is 2.03. The molecule has 0 aromatic rings. The number of amidine groups is 1. The first-order chi connectivity index (χ1) is 7.63. The van der Waals surface area contributed by atoms with Gasteiger partial charge in [0, 0.05) is 6.54 Å². The molecule has 1 heterocycles.